The van der Waals surface area contributed by atoms with Crippen LogP contribution in [0.2, 0.25) is 5.02 Å². The quantitative estimate of drug-likeness (QED) is 0.498. The fraction of sp³-hybridized carbons (Fsp3) is 0.143. The van der Waals surface area contributed by atoms with Gasteiger partial charge in [-0.15, -0.1) is 0 Å². The Morgan fingerprint density at radius 2 is 1.81 bits per heavy atom. The summed E-state index contributed by atoms with van der Waals surface area (Å²) in [4.78, 5) is 16.4. The van der Waals surface area contributed by atoms with Crippen molar-refractivity contribution >= 4 is 27.5 Å². The molecule has 0 unspecified atom stereocenters. The van der Waals surface area contributed by atoms with Crippen LogP contribution in [0.1, 0.15) is 27.3 Å². The maximum absolute atomic E-state index is 13.3. The molecule has 3 rings (SSSR count). The average Bonchev–Trinajstić information content (AvgIpc) is 2.74. The van der Waals surface area contributed by atoms with Crippen LogP contribution in [0.4, 0.5) is 4.39 Å². The zero-order chi connectivity index (χ0) is 22.6. The number of hydrogen-bond acceptors (Lipinski definition) is 5. The number of carbonyl (C=O) groups is 1. The van der Waals surface area contributed by atoms with E-state index in [1.807, 2.05) is 0 Å². The summed E-state index contributed by atoms with van der Waals surface area (Å²) in [5.74, 6) is -0.953. The van der Waals surface area contributed by atoms with Crippen LogP contribution >= 0.6 is 11.6 Å². The number of phenolic OH excluding ortho intramolecular Hbond substituents is 1. The molecule has 0 fully saturated rings. The largest absolute Gasteiger partial charge is 0.508 e. The first kappa shape index (κ1) is 22.7. The number of carbonyl (C=O) groups excluding carboxylic acids is 1. The van der Waals surface area contributed by atoms with Gasteiger partial charge in [0, 0.05) is 18.8 Å². The Balaban J connectivity index is 1.64. The number of phenols is 1. The summed E-state index contributed by atoms with van der Waals surface area (Å²) >= 11 is 5.65. The average molecular weight is 464 g/mol. The molecule has 7 nitrogen and oxygen atoms in total. The molecule has 0 bridgehead atoms. The zero-order valence-electron chi connectivity index (χ0n) is 16.4. The number of aromatic hydroxyl groups is 1. The van der Waals surface area contributed by atoms with Crippen molar-refractivity contribution in [3.8, 4) is 5.75 Å². The lowest BCUT2D eigenvalue weighted by Crippen LogP contribution is -2.25. The van der Waals surface area contributed by atoms with Crippen LogP contribution in [0.5, 0.6) is 5.75 Å². The number of rotatable bonds is 7. The molecule has 0 radical (unpaired) electrons. The molecule has 3 aromatic rings. The molecule has 31 heavy (non-hydrogen) atoms. The van der Waals surface area contributed by atoms with Crippen molar-refractivity contribution in [2.24, 2.45) is 0 Å². The number of aryl methyl sites for hydroxylation is 1. The zero-order valence-corrected chi connectivity index (χ0v) is 18.0. The van der Waals surface area contributed by atoms with Gasteiger partial charge < -0.3 is 10.4 Å². The summed E-state index contributed by atoms with van der Waals surface area (Å²) < 4.78 is 40.5. The van der Waals surface area contributed by atoms with Crippen LogP contribution in [0.25, 0.3) is 0 Å². The molecule has 2 aromatic carbocycles. The number of hydrogen-bond donors (Lipinski definition) is 3. The number of nitrogens with one attached hydrogen (secondary N) is 2. The van der Waals surface area contributed by atoms with Crippen molar-refractivity contribution < 1.29 is 22.7 Å². The predicted molar refractivity (Wildman–Crippen MR) is 114 cm³/mol. The monoisotopic (exact) mass is 463 g/mol. The Bertz CT molecular complexity index is 1220. The lowest BCUT2D eigenvalue weighted by atomic mass is 10.1. The van der Waals surface area contributed by atoms with Gasteiger partial charge in [-0.25, -0.2) is 22.5 Å². The normalized spacial score (nSPS) is 11.3. The number of aromatic nitrogens is 1. The first-order chi connectivity index (χ1) is 14.7. The molecule has 0 saturated heterocycles. The molecule has 0 aliphatic heterocycles. The summed E-state index contributed by atoms with van der Waals surface area (Å²) in [6.07, 6.45) is 0. The molecule has 1 amide bonds. The minimum absolute atomic E-state index is 0.0639. The highest BCUT2D eigenvalue weighted by Crippen LogP contribution is 2.20. The SMILES string of the molecule is Cc1nc(C(=O)NCc2ccc(O)cc2)ccc1CNS(=O)(=O)c1ccc(F)c(Cl)c1. The summed E-state index contributed by atoms with van der Waals surface area (Å²) in [5.41, 5.74) is 2.06. The maximum Gasteiger partial charge on any atom is 0.270 e. The van der Waals surface area contributed by atoms with Crippen molar-refractivity contribution in [2.75, 3.05) is 0 Å². The van der Waals surface area contributed by atoms with Gasteiger partial charge in [0.05, 0.1) is 9.92 Å². The van der Waals surface area contributed by atoms with Crippen LogP contribution in [0.3, 0.4) is 0 Å². The maximum atomic E-state index is 13.3. The van der Waals surface area contributed by atoms with E-state index in [-0.39, 0.29) is 40.4 Å². The summed E-state index contributed by atoms with van der Waals surface area (Å²) in [6, 6.07) is 12.7. The van der Waals surface area contributed by atoms with Crippen LogP contribution in [-0.2, 0) is 23.1 Å². The summed E-state index contributed by atoms with van der Waals surface area (Å²) in [5, 5.41) is 11.7. The van der Waals surface area contributed by atoms with Crippen molar-refractivity contribution in [1.82, 2.24) is 15.0 Å². The van der Waals surface area contributed by atoms with Gasteiger partial charge in [-0.05, 0) is 54.4 Å². The molecule has 3 N–H and O–H groups in total. The Morgan fingerprint density at radius 1 is 1.10 bits per heavy atom. The molecule has 162 valence electrons. The molecule has 0 aliphatic carbocycles. The lowest BCUT2D eigenvalue weighted by molar-refractivity contribution is 0.0945. The molecule has 1 aromatic heterocycles. The van der Waals surface area contributed by atoms with Gasteiger partial charge in [0.1, 0.15) is 17.3 Å². The van der Waals surface area contributed by atoms with E-state index in [0.29, 0.717) is 11.3 Å². The first-order valence-corrected chi connectivity index (χ1v) is 11.0. The lowest BCUT2D eigenvalue weighted by Gasteiger charge is -2.11. The fourth-order valence-electron chi connectivity index (χ4n) is 2.69. The number of nitrogens with zero attached hydrogens (tertiary/aromatic N) is 1. The topological polar surface area (TPSA) is 108 Å². The Labute approximate surface area is 184 Å². The van der Waals surface area contributed by atoms with Gasteiger partial charge in [0.25, 0.3) is 5.91 Å². The second kappa shape index (κ2) is 9.42. The van der Waals surface area contributed by atoms with E-state index in [1.165, 1.54) is 18.2 Å². The second-order valence-corrected chi connectivity index (χ2v) is 8.86. The molecule has 0 spiro atoms. The molecular formula is C21H19ClFN3O4S. The van der Waals surface area contributed by atoms with Gasteiger partial charge in [-0.3, -0.25) is 4.79 Å². The molecule has 0 saturated carbocycles. The van der Waals surface area contributed by atoms with Crippen molar-refractivity contribution in [2.45, 2.75) is 24.9 Å². The molecule has 0 atom stereocenters. The van der Waals surface area contributed by atoms with Gasteiger partial charge in [0.15, 0.2) is 0 Å². The highest BCUT2D eigenvalue weighted by Gasteiger charge is 2.17. The Morgan fingerprint density at radius 3 is 2.45 bits per heavy atom. The van der Waals surface area contributed by atoms with Crippen molar-refractivity contribution in [3.05, 3.63) is 88.0 Å². The highest BCUT2D eigenvalue weighted by atomic mass is 35.5. The Kier molecular flexibility index (Phi) is 6.89. The minimum atomic E-state index is -3.91. The second-order valence-electron chi connectivity index (χ2n) is 6.69. The van der Waals surface area contributed by atoms with E-state index in [1.54, 1.807) is 25.1 Å². The van der Waals surface area contributed by atoms with E-state index >= 15 is 0 Å². The van der Waals surface area contributed by atoms with E-state index < -0.39 is 15.8 Å². The van der Waals surface area contributed by atoms with E-state index in [4.69, 9.17) is 11.6 Å². The number of amides is 1. The van der Waals surface area contributed by atoms with E-state index in [9.17, 15) is 22.7 Å². The molecule has 10 heteroatoms. The summed E-state index contributed by atoms with van der Waals surface area (Å²) in [7, 11) is -3.91. The number of pyridine rings is 1. The molecule has 0 aliphatic rings. The number of sulfonamides is 1. The minimum Gasteiger partial charge on any atom is -0.508 e. The van der Waals surface area contributed by atoms with E-state index in [0.717, 1.165) is 23.8 Å². The van der Waals surface area contributed by atoms with Gasteiger partial charge in [-0.2, -0.15) is 0 Å². The number of benzene rings is 2. The van der Waals surface area contributed by atoms with Gasteiger partial charge in [0.2, 0.25) is 10.0 Å². The van der Waals surface area contributed by atoms with Gasteiger partial charge in [-0.1, -0.05) is 29.8 Å². The van der Waals surface area contributed by atoms with E-state index in [2.05, 4.69) is 15.0 Å². The third kappa shape index (κ3) is 5.78. The predicted octanol–water partition coefficient (Wildman–Crippen LogP) is 3.30. The smallest absolute Gasteiger partial charge is 0.270 e. The van der Waals surface area contributed by atoms with Gasteiger partial charge >= 0.3 is 0 Å². The van der Waals surface area contributed by atoms with Crippen molar-refractivity contribution in [1.29, 1.82) is 0 Å². The number of halogens is 2. The first-order valence-electron chi connectivity index (χ1n) is 9.13. The van der Waals surface area contributed by atoms with Crippen LogP contribution < -0.4 is 10.0 Å². The molecule has 1 heterocycles. The summed E-state index contributed by atoms with van der Waals surface area (Å²) in [6.45, 7) is 1.86. The standard InChI is InChI=1S/C21H19ClFN3O4S/c1-13-15(12-25-31(29,30)17-7-8-19(23)18(22)10-17)4-9-20(26-13)21(28)24-11-14-2-5-16(27)6-3-14/h2-10,25,27H,11-12H2,1H3,(H,24,28). The third-order valence-corrected chi connectivity index (χ3v) is 6.16. The van der Waals surface area contributed by atoms with Crippen molar-refractivity contribution in [3.63, 3.8) is 0 Å². The van der Waals surface area contributed by atoms with Crippen LogP contribution in [0.15, 0.2) is 59.5 Å². The molecular weight excluding hydrogens is 445 g/mol. The van der Waals surface area contributed by atoms with Crippen LogP contribution in [-0.4, -0.2) is 24.4 Å². The Hall–Kier alpha value is -3.01. The third-order valence-electron chi connectivity index (χ3n) is 4.47. The highest BCUT2D eigenvalue weighted by molar-refractivity contribution is 7.89. The van der Waals surface area contributed by atoms with Crippen LogP contribution in [0, 0.1) is 12.7 Å². The fourth-order valence-corrected chi connectivity index (χ4v) is 3.97.